The molecule has 2 aliphatic rings. The quantitative estimate of drug-likeness (QED) is 0.792. The average Bonchev–Trinajstić information content (AvgIpc) is 3.20. The number of benzene rings is 1. The molecule has 1 saturated heterocycles. The third-order valence-electron chi connectivity index (χ3n) is 5.57. The second kappa shape index (κ2) is 8.31. The van der Waals surface area contributed by atoms with Gasteiger partial charge in [-0.05, 0) is 48.4 Å². The zero-order chi connectivity index (χ0) is 18.6. The van der Waals surface area contributed by atoms with E-state index in [0.717, 1.165) is 44.8 Å². The summed E-state index contributed by atoms with van der Waals surface area (Å²) in [5.74, 6) is 1.46. The first-order valence-corrected chi connectivity index (χ1v) is 10.4. The summed E-state index contributed by atoms with van der Waals surface area (Å²) in [5.41, 5.74) is 1.50. The lowest BCUT2D eigenvalue weighted by atomic mass is 9.99. The van der Waals surface area contributed by atoms with Crippen molar-refractivity contribution in [2.45, 2.75) is 31.8 Å². The van der Waals surface area contributed by atoms with Crippen LogP contribution in [0.1, 0.15) is 23.3 Å². The molecule has 0 atom stereocenters. The van der Waals surface area contributed by atoms with Gasteiger partial charge in [-0.2, -0.15) is 0 Å². The maximum atomic E-state index is 12.5. The number of hydrogen-bond acceptors (Lipinski definition) is 5. The van der Waals surface area contributed by atoms with Crippen molar-refractivity contribution in [1.29, 1.82) is 0 Å². The van der Waals surface area contributed by atoms with E-state index in [-0.39, 0.29) is 12.5 Å². The van der Waals surface area contributed by atoms with Crippen LogP contribution in [0.25, 0.3) is 0 Å². The van der Waals surface area contributed by atoms with Gasteiger partial charge in [0.05, 0.1) is 7.11 Å². The van der Waals surface area contributed by atoms with Crippen LogP contribution in [-0.4, -0.2) is 55.1 Å². The van der Waals surface area contributed by atoms with Gasteiger partial charge >= 0.3 is 0 Å². The molecule has 0 radical (unpaired) electrons. The van der Waals surface area contributed by atoms with E-state index in [9.17, 15) is 4.79 Å². The molecular weight excluding hydrogens is 360 g/mol. The van der Waals surface area contributed by atoms with Gasteiger partial charge in [-0.3, -0.25) is 9.69 Å². The fourth-order valence-corrected chi connectivity index (χ4v) is 4.88. The highest BCUT2D eigenvalue weighted by atomic mass is 32.1. The molecule has 1 fully saturated rings. The topological polar surface area (TPSA) is 42.0 Å². The normalized spacial score (nSPS) is 18.2. The number of thiophene rings is 1. The van der Waals surface area contributed by atoms with Crippen LogP contribution in [0.5, 0.6) is 11.5 Å². The number of rotatable bonds is 5. The number of nitrogens with zero attached hydrogens (tertiary/aromatic N) is 2. The van der Waals surface area contributed by atoms with Gasteiger partial charge < -0.3 is 14.4 Å². The summed E-state index contributed by atoms with van der Waals surface area (Å²) < 4.78 is 10.8. The number of fused-ring (bicyclic) bond motifs is 1. The van der Waals surface area contributed by atoms with Crippen molar-refractivity contribution in [2.24, 2.45) is 0 Å². The monoisotopic (exact) mass is 386 g/mol. The van der Waals surface area contributed by atoms with Crippen molar-refractivity contribution in [1.82, 2.24) is 9.80 Å². The first-order valence-electron chi connectivity index (χ1n) is 9.57. The lowest BCUT2D eigenvalue weighted by molar-refractivity contribution is -0.135. The third kappa shape index (κ3) is 4.28. The van der Waals surface area contributed by atoms with Gasteiger partial charge in [0.15, 0.2) is 6.61 Å². The van der Waals surface area contributed by atoms with Crippen molar-refractivity contribution in [2.75, 3.05) is 33.4 Å². The van der Waals surface area contributed by atoms with Crippen LogP contribution in [0, 0.1) is 0 Å². The second-order valence-corrected chi connectivity index (χ2v) is 8.17. The van der Waals surface area contributed by atoms with Crippen LogP contribution in [-0.2, 0) is 17.8 Å². The molecule has 0 unspecified atom stereocenters. The second-order valence-electron chi connectivity index (χ2n) is 7.17. The minimum absolute atomic E-state index is 0.0648. The average molecular weight is 387 g/mol. The standard InChI is InChI=1S/C21H26N2O3S/c1-25-18-3-2-4-19(13-18)26-15-21(24)22-9-5-17(6-10-22)23-11-7-20-16(14-23)8-12-27-20/h2-4,8,12-13,17H,5-7,9-11,14-15H2,1H3. The summed E-state index contributed by atoms with van der Waals surface area (Å²) in [6.07, 6.45) is 3.26. The van der Waals surface area contributed by atoms with Crippen LogP contribution in [0.3, 0.4) is 0 Å². The van der Waals surface area contributed by atoms with Crippen LogP contribution in [0.4, 0.5) is 0 Å². The smallest absolute Gasteiger partial charge is 0.260 e. The summed E-state index contributed by atoms with van der Waals surface area (Å²) in [7, 11) is 1.62. The van der Waals surface area contributed by atoms with Crippen LogP contribution in [0.15, 0.2) is 35.7 Å². The molecule has 0 bridgehead atoms. The largest absolute Gasteiger partial charge is 0.497 e. The molecule has 0 saturated carbocycles. The Kier molecular flexibility index (Phi) is 5.64. The van der Waals surface area contributed by atoms with E-state index in [1.807, 2.05) is 34.4 Å². The first-order chi connectivity index (χ1) is 13.2. The van der Waals surface area contributed by atoms with E-state index >= 15 is 0 Å². The number of methoxy groups -OCH3 is 1. The fraction of sp³-hybridized carbons (Fsp3) is 0.476. The van der Waals surface area contributed by atoms with Crippen LogP contribution >= 0.6 is 11.3 Å². The van der Waals surface area contributed by atoms with Gasteiger partial charge in [0, 0.05) is 43.2 Å². The zero-order valence-corrected chi connectivity index (χ0v) is 16.5. The molecule has 2 aromatic rings. The van der Waals surface area contributed by atoms with E-state index in [4.69, 9.17) is 9.47 Å². The van der Waals surface area contributed by atoms with Crippen molar-refractivity contribution in [3.63, 3.8) is 0 Å². The van der Waals surface area contributed by atoms with E-state index in [1.165, 1.54) is 12.0 Å². The Morgan fingerprint density at radius 3 is 2.81 bits per heavy atom. The highest BCUT2D eigenvalue weighted by Gasteiger charge is 2.29. The van der Waals surface area contributed by atoms with E-state index in [2.05, 4.69) is 16.3 Å². The Labute approximate surface area is 164 Å². The molecule has 6 heteroatoms. The van der Waals surface area contributed by atoms with Crippen molar-refractivity contribution in [3.8, 4) is 11.5 Å². The molecule has 3 heterocycles. The SMILES string of the molecule is COc1cccc(OCC(=O)N2CCC(N3CCc4sccc4C3)CC2)c1. The minimum Gasteiger partial charge on any atom is -0.497 e. The number of amides is 1. The summed E-state index contributed by atoms with van der Waals surface area (Å²) in [5, 5.41) is 2.21. The van der Waals surface area contributed by atoms with E-state index in [1.54, 1.807) is 18.1 Å². The molecule has 0 spiro atoms. The number of ether oxygens (including phenoxy) is 2. The highest BCUT2D eigenvalue weighted by Crippen LogP contribution is 2.28. The fourth-order valence-electron chi connectivity index (χ4n) is 3.99. The third-order valence-corrected chi connectivity index (χ3v) is 6.60. The Balaban J connectivity index is 1.24. The minimum atomic E-state index is 0.0648. The lowest BCUT2D eigenvalue weighted by Crippen LogP contribution is -2.48. The highest BCUT2D eigenvalue weighted by molar-refractivity contribution is 7.10. The molecule has 1 aromatic heterocycles. The number of carbonyl (C=O) groups is 1. The molecular formula is C21H26N2O3S. The summed E-state index contributed by atoms with van der Waals surface area (Å²) in [4.78, 5) is 18.6. The maximum absolute atomic E-state index is 12.5. The van der Waals surface area contributed by atoms with Crippen molar-refractivity contribution >= 4 is 17.2 Å². The predicted octanol–water partition coefficient (Wildman–Crippen LogP) is 3.18. The molecule has 2 aliphatic heterocycles. The van der Waals surface area contributed by atoms with Gasteiger partial charge in [0.2, 0.25) is 0 Å². The first kappa shape index (κ1) is 18.3. The molecule has 0 aliphatic carbocycles. The Morgan fingerprint density at radius 2 is 2.00 bits per heavy atom. The Bertz CT molecular complexity index is 783. The molecule has 144 valence electrons. The maximum Gasteiger partial charge on any atom is 0.260 e. The summed E-state index contributed by atoms with van der Waals surface area (Å²) >= 11 is 1.88. The molecule has 5 nitrogen and oxygen atoms in total. The Morgan fingerprint density at radius 1 is 1.19 bits per heavy atom. The lowest BCUT2D eigenvalue weighted by Gasteiger charge is -2.40. The molecule has 1 aromatic carbocycles. The van der Waals surface area contributed by atoms with E-state index < -0.39 is 0 Å². The molecule has 1 amide bonds. The summed E-state index contributed by atoms with van der Waals surface area (Å²) in [6.45, 7) is 3.93. The number of carbonyl (C=O) groups excluding carboxylic acids is 1. The van der Waals surface area contributed by atoms with Crippen molar-refractivity contribution < 1.29 is 14.3 Å². The van der Waals surface area contributed by atoms with Gasteiger partial charge in [0.25, 0.3) is 5.91 Å². The molecule has 27 heavy (non-hydrogen) atoms. The van der Waals surface area contributed by atoms with Crippen LogP contribution < -0.4 is 9.47 Å². The number of piperidine rings is 1. The molecule has 0 N–H and O–H groups in total. The van der Waals surface area contributed by atoms with E-state index in [0.29, 0.717) is 11.8 Å². The van der Waals surface area contributed by atoms with Gasteiger partial charge in [0.1, 0.15) is 11.5 Å². The Hall–Kier alpha value is -2.05. The number of likely N-dealkylation sites (tertiary alicyclic amines) is 1. The van der Waals surface area contributed by atoms with Crippen molar-refractivity contribution in [3.05, 3.63) is 46.2 Å². The molecule has 4 rings (SSSR count). The number of hydrogen-bond donors (Lipinski definition) is 0. The predicted molar refractivity (Wildman–Crippen MR) is 107 cm³/mol. The summed E-state index contributed by atoms with van der Waals surface area (Å²) in [6, 6.07) is 10.2. The van der Waals surface area contributed by atoms with Gasteiger partial charge in [-0.1, -0.05) is 6.07 Å². The van der Waals surface area contributed by atoms with Gasteiger partial charge in [-0.15, -0.1) is 11.3 Å². The van der Waals surface area contributed by atoms with Gasteiger partial charge in [-0.25, -0.2) is 0 Å². The zero-order valence-electron chi connectivity index (χ0n) is 15.7. The van der Waals surface area contributed by atoms with Crippen LogP contribution in [0.2, 0.25) is 0 Å².